The van der Waals surface area contributed by atoms with E-state index in [1.807, 2.05) is 19.1 Å². The second-order valence-electron chi connectivity index (χ2n) is 4.92. The summed E-state index contributed by atoms with van der Waals surface area (Å²) in [4.78, 5) is 18.0. The van der Waals surface area contributed by atoms with Gasteiger partial charge < -0.3 is 15.1 Å². The molecule has 1 heterocycles. The molecule has 5 nitrogen and oxygen atoms in total. The molecule has 6 heteroatoms. The Balaban J connectivity index is 2.06. The summed E-state index contributed by atoms with van der Waals surface area (Å²) in [5, 5.41) is 0.651. The molecule has 0 spiro atoms. The van der Waals surface area contributed by atoms with Gasteiger partial charge in [0.15, 0.2) is 0 Å². The van der Waals surface area contributed by atoms with Crippen LogP contribution in [0.25, 0.3) is 11.5 Å². The van der Waals surface area contributed by atoms with Crippen molar-refractivity contribution in [3.8, 4) is 11.5 Å². The molecule has 0 bridgehead atoms. The summed E-state index contributed by atoms with van der Waals surface area (Å²) in [5.41, 5.74) is 6.98. The molecule has 2 aromatic rings. The molecule has 1 unspecified atom stereocenters. The molecule has 2 N–H and O–H groups in total. The monoisotopic (exact) mass is 307 g/mol. The molecule has 1 aromatic heterocycles. The number of rotatable bonds is 5. The molecule has 0 saturated heterocycles. The topological polar surface area (TPSA) is 72.4 Å². The van der Waals surface area contributed by atoms with Crippen molar-refractivity contribution in [2.24, 2.45) is 5.73 Å². The number of nitrogens with zero attached hydrogens (tertiary/aromatic N) is 2. The van der Waals surface area contributed by atoms with Crippen LogP contribution >= 0.6 is 11.6 Å². The molecule has 0 aliphatic rings. The fourth-order valence-electron chi connectivity index (χ4n) is 1.80. The Kier molecular flexibility index (Phi) is 4.98. The molecule has 1 amide bonds. The average molecular weight is 308 g/mol. The maximum absolute atomic E-state index is 12.1. The van der Waals surface area contributed by atoms with Crippen molar-refractivity contribution in [1.29, 1.82) is 0 Å². The van der Waals surface area contributed by atoms with Gasteiger partial charge in [-0.15, -0.1) is 0 Å². The van der Waals surface area contributed by atoms with Crippen molar-refractivity contribution in [3.63, 3.8) is 0 Å². The highest BCUT2D eigenvalue weighted by Crippen LogP contribution is 2.21. The van der Waals surface area contributed by atoms with Gasteiger partial charge in [-0.3, -0.25) is 4.79 Å². The lowest BCUT2D eigenvalue weighted by Crippen LogP contribution is -2.40. The lowest BCUT2D eigenvalue weighted by molar-refractivity contribution is -0.130. The number of benzene rings is 1. The second-order valence-corrected chi connectivity index (χ2v) is 5.35. The van der Waals surface area contributed by atoms with Crippen molar-refractivity contribution in [2.45, 2.75) is 19.4 Å². The smallest absolute Gasteiger partial charge is 0.228 e. The first kappa shape index (κ1) is 15.5. The number of nitrogens with two attached hydrogens (primary N) is 1. The van der Waals surface area contributed by atoms with Crippen LogP contribution < -0.4 is 5.73 Å². The molecule has 1 aromatic carbocycles. The molecule has 0 saturated carbocycles. The molecule has 2 rings (SSSR count). The van der Waals surface area contributed by atoms with E-state index in [9.17, 15) is 4.79 Å². The first-order valence-electron chi connectivity index (χ1n) is 6.67. The predicted molar refractivity (Wildman–Crippen MR) is 81.9 cm³/mol. The number of oxazole rings is 1. The summed E-state index contributed by atoms with van der Waals surface area (Å²) in [6, 6.07) is 7.18. The van der Waals surface area contributed by atoms with Gasteiger partial charge in [-0.2, -0.15) is 0 Å². The Morgan fingerprint density at radius 2 is 2.10 bits per heavy atom. The molecular weight excluding hydrogens is 290 g/mol. The van der Waals surface area contributed by atoms with Gasteiger partial charge in [0, 0.05) is 30.2 Å². The van der Waals surface area contributed by atoms with Crippen LogP contribution in [-0.2, 0) is 11.2 Å². The third kappa shape index (κ3) is 3.83. The molecular formula is C15H18ClN3O2. The first-order chi connectivity index (χ1) is 10.0. The van der Waals surface area contributed by atoms with Crippen LogP contribution in [-0.4, -0.2) is 35.4 Å². The van der Waals surface area contributed by atoms with Gasteiger partial charge in [-0.25, -0.2) is 4.98 Å². The second kappa shape index (κ2) is 6.74. The van der Waals surface area contributed by atoms with Gasteiger partial charge in [0.1, 0.15) is 6.26 Å². The number of hydrogen-bond donors (Lipinski definition) is 1. The van der Waals surface area contributed by atoms with E-state index in [0.29, 0.717) is 23.2 Å². The van der Waals surface area contributed by atoms with Crippen LogP contribution in [0, 0.1) is 0 Å². The third-order valence-electron chi connectivity index (χ3n) is 3.37. The Morgan fingerprint density at radius 3 is 2.71 bits per heavy atom. The van der Waals surface area contributed by atoms with Crippen molar-refractivity contribution in [3.05, 3.63) is 41.2 Å². The highest BCUT2D eigenvalue weighted by atomic mass is 35.5. The van der Waals surface area contributed by atoms with Gasteiger partial charge in [-0.1, -0.05) is 11.6 Å². The van der Waals surface area contributed by atoms with Crippen molar-refractivity contribution >= 4 is 17.5 Å². The van der Waals surface area contributed by atoms with Gasteiger partial charge >= 0.3 is 0 Å². The van der Waals surface area contributed by atoms with Gasteiger partial charge in [0.25, 0.3) is 0 Å². The van der Waals surface area contributed by atoms with E-state index in [1.54, 1.807) is 24.1 Å². The molecule has 0 radical (unpaired) electrons. The summed E-state index contributed by atoms with van der Waals surface area (Å²) in [6.07, 6.45) is 1.70. The number of halogens is 1. The van der Waals surface area contributed by atoms with Gasteiger partial charge in [0.2, 0.25) is 11.8 Å². The number of likely N-dealkylation sites (N-methyl/N-ethyl adjacent to an activating group) is 1. The van der Waals surface area contributed by atoms with E-state index < -0.39 is 0 Å². The Morgan fingerprint density at radius 1 is 1.43 bits per heavy atom. The lowest BCUT2D eigenvalue weighted by Gasteiger charge is -2.23. The summed E-state index contributed by atoms with van der Waals surface area (Å²) in [5.74, 6) is 0.438. The standard InChI is InChI=1S/C15H18ClN3O2/c1-10(8-17)19(2)14(20)7-13-9-21-15(18-13)11-3-5-12(16)6-4-11/h3-6,9-10H,7-8,17H2,1-2H3. The normalized spacial score (nSPS) is 12.2. The van der Waals surface area contributed by atoms with Crippen molar-refractivity contribution in [1.82, 2.24) is 9.88 Å². The van der Waals surface area contributed by atoms with E-state index >= 15 is 0 Å². The fraction of sp³-hybridized carbons (Fsp3) is 0.333. The van der Waals surface area contributed by atoms with E-state index in [-0.39, 0.29) is 18.4 Å². The van der Waals surface area contributed by atoms with Crippen molar-refractivity contribution in [2.75, 3.05) is 13.6 Å². The number of carbonyl (C=O) groups excluding carboxylic acids is 1. The highest BCUT2D eigenvalue weighted by molar-refractivity contribution is 6.30. The van der Waals surface area contributed by atoms with E-state index in [2.05, 4.69) is 4.98 Å². The molecule has 0 aliphatic carbocycles. The minimum atomic E-state index is -0.0380. The Bertz CT molecular complexity index is 610. The molecule has 1 atom stereocenters. The number of amides is 1. The predicted octanol–water partition coefficient (Wildman–Crippen LogP) is 2.34. The number of hydrogen-bond acceptors (Lipinski definition) is 4. The van der Waals surface area contributed by atoms with Gasteiger partial charge in [-0.05, 0) is 31.2 Å². The van der Waals surface area contributed by atoms with Crippen LogP contribution in [0.2, 0.25) is 5.02 Å². The zero-order valence-electron chi connectivity index (χ0n) is 12.0. The lowest BCUT2D eigenvalue weighted by atomic mass is 10.2. The highest BCUT2D eigenvalue weighted by Gasteiger charge is 2.17. The first-order valence-corrected chi connectivity index (χ1v) is 7.05. The van der Waals surface area contributed by atoms with Crippen LogP contribution in [0.5, 0.6) is 0 Å². The Hall–Kier alpha value is -1.85. The SMILES string of the molecule is CC(CN)N(C)C(=O)Cc1coc(-c2ccc(Cl)cc2)n1. The third-order valence-corrected chi connectivity index (χ3v) is 3.62. The van der Waals surface area contributed by atoms with Crippen LogP contribution in [0.1, 0.15) is 12.6 Å². The summed E-state index contributed by atoms with van der Waals surface area (Å²) >= 11 is 5.84. The van der Waals surface area contributed by atoms with E-state index in [1.165, 1.54) is 6.26 Å². The number of carbonyl (C=O) groups is 1. The maximum Gasteiger partial charge on any atom is 0.228 e. The molecule has 112 valence electrons. The zero-order chi connectivity index (χ0) is 15.4. The summed E-state index contributed by atoms with van der Waals surface area (Å²) in [7, 11) is 1.74. The minimum Gasteiger partial charge on any atom is -0.444 e. The largest absolute Gasteiger partial charge is 0.444 e. The van der Waals surface area contributed by atoms with Crippen LogP contribution in [0.15, 0.2) is 34.9 Å². The fourth-order valence-corrected chi connectivity index (χ4v) is 1.92. The van der Waals surface area contributed by atoms with E-state index in [4.69, 9.17) is 21.8 Å². The minimum absolute atomic E-state index is 0.000127. The van der Waals surface area contributed by atoms with E-state index in [0.717, 1.165) is 5.56 Å². The Labute approximate surface area is 128 Å². The van der Waals surface area contributed by atoms with Crippen LogP contribution in [0.3, 0.4) is 0 Å². The zero-order valence-corrected chi connectivity index (χ0v) is 12.8. The van der Waals surface area contributed by atoms with Gasteiger partial charge in [0.05, 0.1) is 12.1 Å². The molecule has 0 fully saturated rings. The molecule has 0 aliphatic heterocycles. The van der Waals surface area contributed by atoms with Crippen molar-refractivity contribution < 1.29 is 9.21 Å². The average Bonchev–Trinajstić information content (AvgIpc) is 2.94. The molecule has 21 heavy (non-hydrogen) atoms. The maximum atomic E-state index is 12.1. The summed E-state index contributed by atoms with van der Waals surface area (Å²) < 4.78 is 5.41. The van der Waals surface area contributed by atoms with Crippen LogP contribution in [0.4, 0.5) is 0 Å². The summed E-state index contributed by atoms with van der Waals surface area (Å²) in [6.45, 7) is 2.33. The number of aromatic nitrogens is 1. The quantitative estimate of drug-likeness (QED) is 0.920.